The number of hydrogen-bond acceptors (Lipinski definition) is 7. The van der Waals surface area contributed by atoms with E-state index >= 15 is 0 Å². The number of likely N-dealkylation sites (tertiary alicyclic amines) is 2. The van der Waals surface area contributed by atoms with E-state index in [4.69, 9.17) is 22.1 Å². The van der Waals surface area contributed by atoms with E-state index in [0.29, 0.717) is 23.5 Å². The van der Waals surface area contributed by atoms with Crippen molar-refractivity contribution in [1.29, 1.82) is 0 Å². The molecule has 2 aromatic rings. The number of anilines is 1. The highest BCUT2D eigenvalue weighted by molar-refractivity contribution is 6.30. The molecular weight excluding hydrogens is 378 g/mol. The van der Waals surface area contributed by atoms with Crippen LogP contribution in [0, 0.1) is 11.3 Å². The molecule has 0 amide bonds. The summed E-state index contributed by atoms with van der Waals surface area (Å²) in [5.41, 5.74) is 6.55. The lowest BCUT2D eigenvalue weighted by Crippen LogP contribution is -2.38. The van der Waals surface area contributed by atoms with Crippen LogP contribution in [0.1, 0.15) is 5.56 Å². The van der Waals surface area contributed by atoms with Gasteiger partial charge < -0.3 is 15.6 Å². The number of aliphatic hydroxyl groups excluding tert-OH is 1. The van der Waals surface area contributed by atoms with Crippen molar-refractivity contribution in [2.45, 2.75) is 6.54 Å². The zero-order valence-electron chi connectivity index (χ0n) is 15.8. The molecule has 4 rings (SSSR count). The summed E-state index contributed by atoms with van der Waals surface area (Å²) in [6.45, 7) is 6.22. The Labute approximate surface area is 170 Å². The topological polar surface area (TPSA) is 87.7 Å². The SMILES string of the molecule is Nc1ncc(CN2CC3CN(CCOc4ccc(Cl)cc4)CC3(CO)C2)cn1. The van der Waals surface area contributed by atoms with E-state index in [1.165, 1.54) is 0 Å². The van der Waals surface area contributed by atoms with E-state index in [9.17, 15) is 5.11 Å². The summed E-state index contributed by atoms with van der Waals surface area (Å²) in [6, 6.07) is 7.43. The van der Waals surface area contributed by atoms with Crippen molar-refractivity contribution < 1.29 is 9.84 Å². The highest BCUT2D eigenvalue weighted by Gasteiger charge is 2.51. The molecule has 150 valence electrons. The van der Waals surface area contributed by atoms with Gasteiger partial charge in [0.1, 0.15) is 12.4 Å². The van der Waals surface area contributed by atoms with Gasteiger partial charge in [0.15, 0.2) is 0 Å². The second-order valence-electron chi connectivity index (χ2n) is 7.87. The fraction of sp³-hybridized carbons (Fsp3) is 0.500. The van der Waals surface area contributed by atoms with Gasteiger partial charge in [0.25, 0.3) is 0 Å². The average Bonchev–Trinajstić information content (AvgIpc) is 3.19. The monoisotopic (exact) mass is 403 g/mol. The summed E-state index contributed by atoms with van der Waals surface area (Å²) in [4.78, 5) is 12.9. The van der Waals surface area contributed by atoms with Crippen LogP contribution in [-0.4, -0.2) is 70.8 Å². The highest BCUT2D eigenvalue weighted by atomic mass is 35.5. The molecule has 2 unspecified atom stereocenters. The van der Waals surface area contributed by atoms with E-state index < -0.39 is 0 Å². The Balaban J connectivity index is 1.28. The third-order valence-corrected chi connectivity index (χ3v) is 6.09. The molecule has 7 nitrogen and oxygen atoms in total. The Kier molecular flexibility index (Phi) is 5.68. The van der Waals surface area contributed by atoms with Crippen molar-refractivity contribution in [3.63, 3.8) is 0 Å². The number of hydrogen-bond donors (Lipinski definition) is 2. The maximum Gasteiger partial charge on any atom is 0.219 e. The third-order valence-electron chi connectivity index (χ3n) is 5.84. The zero-order valence-corrected chi connectivity index (χ0v) is 16.6. The molecule has 3 N–H and O–H groups in total. The number of fused-ring (bicyclic) bond motifs is 1. The van der Waals surface area contributed by atoms with Crippen LogP contribution in [0.5, 0.6) is 5.75 Å². The van der Waals surface area contributed by atoms with Crippen molar-refractivity contribution in [2.24, 2.45) is 11.3 Å². The molecule has 28 heavy (non-hydrogen) atoms. The van der Waals surface area contributed by atoms with Crippen molar-refractivity contribution in [1.82, 2.24) is 19.8 Å². The first kappa shape index (κ1) is 19.4. The first-order valence-corrected chi connectivity index (χ1v) is 9.94. The molecule has 2 aliphatic heterocycles. The van der Waals surface area contributed by atoms with Gasteiger partial charge in [0.2, 0.25) is 5.95 Å². The fourth-order valence-corrected chi connectivity index (χ4v) is 4.57. The molecule has 0 radical (unpaired) electrons. The van der Waals surface area contributed by atoms with Gasteiger partial charge in [-0.3, -0.25) is 9.80 Å². The van der Waals surface area contributed by atoms with Crippen molar-refractivity contribution in [3.8, 4) is 5.75 Å². The quantitative estimate of drug-likeness (QED) is 0.724. The number of aliphatic hydroxyl groups is 1. The van der Waals surface area contributed by atoms with Gasteiger partial charge in [0, 0.05) is 67.7 Å². The number of benzene rings is 1. The summed E-state index contributed by atoms with van der Waals surface area (Å²) in [6.07, 6.45) is 3.56. The molecule has 2 saturated heterocycles. The maximum absolute atomic E-state index is 10.2. The molecule has 8 heteroatoms. The standard InChI is InChI=1S/C20H26ClN5O2/c21-17-1-3-18(4-2-17)28-6-5-25-10-16-11-26(13-20(16,12-25)14-27)9-15-7-23-19(22)24-8-15/h1-4,7-8,16,27H,5-6,9-14H2,(H2,22,23,24). The molecule has 1 aromatic heterocycles. The molecule has 2 aliphatic rings. The Hall–Kier alpha value is -1.93. The summed E-state index contributed by atoms with van der Waals surface area (Å²) in [7, 11) is 0. The average molecular weight is 404 g/mol. The largest absolute Gasteiger partial charge is 0.492 e. The molecule has 0 bridgehead atoms. The maximum atomic E-state index is 10.2. The van der Waals surface area contributed by atoms with Crippen LogP contribution in [0.25, 0.3) is 0 Å². The molecular formula is C20H26ClN5O2. The molecule has 2 atom stereocenters. The fourth-order valence-electron chi connectivity index (χ4n) is 4.44. The van der Waals surface area contributed by atoms with Gasteiger partial charge >= 0.3 is 0 Å². The number of aromatic nitrogens is 2. The van der Waals surface area contributed by atoms with Crippen LogP contribution in [-0.2, 0) is 6.54 Å². The van der Waals surface area contributed by atoms with Crippen LogP contribution >= 0.6 is 11.6 Å². The minimum atomic E-state index is -0.0606. The number of nitrogen functional groups attached to an aromatic ring is 1. The van der Waals surface area contributed by atoms with Gasteiger partial charge in [-0.15, -0.1) is 0 Å². The Morgan fingerprint density at radius 1 is 1.14 bits per heavy atom. The van der Waals surface area contributed by atoms with Crippen LogP contribution in [0.4, 0.5) is 5.95 Å². The third kappa shape index (κ3) is 4.22. The molecule has 0 spiro atoms. The molecule has 1 aromatic carbocycles. The van der Waals surface area contributed by atoms with Crippen molar-refractivity contribution in [2.75, 3.05) is 51.7 Å². The van der Waals surface area contributed by atoms with Crippen LogP contribution < -0.4 is 10.5 Å². The van der Waals surface area contributed by atoms with Crippen molar-refractivity contribution >= 4 is 17.5 Å². The summed E-state index contributed by atoms with van der Waals surface area (Å²) >= 11 is 5.90. The Morgan fingerprint density at radius 3 is 2.50 bits per heavy atom. The van der Waals surface area contributed by atoms with Gasteiger partial charge in [0.05, 0.1) is 6.61 Å². The molecule has 0 aliphatic carbocycles. The minimum Gasteiger partial charge on any atom is -0.492 e. The van der Waals surface area contributed by atoms with E-state index in [1.54, 1.807) is 12.4 Å². The van der Waals surface area contributed by atoms with Crippen molar-refractivity contribution in [3.05, 3.63) is 47.2 Å². The summed E-state index contributed by atoms with van der Waals surface area (Å²) in [5, 5.41) is 10.9. The lowest BCUT2D eigenvalue weighted by Gasteiger charge is -2.27. The first-order chi connectivity index (χ1) is 13.6. The van der Waals surface area contributed by atoms with Crippen LogP contribution in [0.3, 0.4) is 0 Å². The smallest absolute Gasteiger partial charge is 0.219 e. The van der Waals surface area contributed by atoms with Gasteiger partial charge in [-0.25, -0.2) is 9.97 Å². The second kappa shape index (κ2) is 8.21. The van der Waals surface area contributed by atoms with E-state index in [-0.39, 0.29) is 12.0 Å². The normalized spacial score (nSPS) is 25.1. The number of nitrogens with two attached hydrogens (primary N) is 1. The number of ether oxygens (including phenoxy) is 1. The van der Waals surface area contributed by atoms with Gasteiger partial charge in [-0.2, -0.15) is 0 Å². The van der Waals surface area contributed by atoms with E-state index in [1.807, 2.05) is 24.3 Å². The van der Waals surface area contributed by atoms with Crippen LogP contribution in [0.15, 0.2) is 36.7 Å². The molecule has 3 heterocycles. The lowest BCUT2D eigenvalue weighted by atomic mass is 9.82. The molecule has 2 fully saturated rings. The minimum absolute atomic E-state index is 0.0606. The summed E-state index contributed by atoms with van der Waals surface area (Å²) in [5.74, 6) is 1.59. The number of nitrogens with zero attached hydrogens (tertiary/aromatic N) is 4. The summed E-state index contributed by atoms with van der Waals surface area (Å²) < 4.78 is 5.82. The van der Waals surface area contributed by atoms with E-state index in [0.717, 1.165) is 50.6 Å². The number of rotatable bonds is 7. The predicted octanol–water partition coefficient (Wildman–Crippen LogP) is 1.52. The lowest BCUT2D eigenvalue weighted by molar-refractivity contribution is 0.108. The van der Waals surface area contributed by atoms with E-state index in [2.05, 4.69) is 19.8 Å². The van der Waals surface area contributed by atoms with Gasteiger partial charge in [-0.05, 0) is 30.2 Å². The second-order valence-corrected chi connectivity index (χ2v) is 8.31. The molecule has 0 saturated carbocycles. The highest BCUT2D eigenvalue weighted by Crippen LogP contribution is 2.42. The Morgan fingerprint density at radius 2 is 1.82 bits per heavy atom. The van der Waals surface area contributed by atoms with Gasteiger partial charge in [-0.1, -0.05) is 11.6 Å². The Bertz CT molecular complexity index is 788. The predicted molar refractivity (Wildman–Crippen MR) is 108 cm³/mol. The van der Waals surface area contributed by atoms with Crippen LogP contribution in [0.2, 0.25) is 5.02 Å². The number of halogens is 1. The zero-order chi connectivity index (χ0) is 19.6. The first-order valence-electron chi connectivity index (χ1n) is 9.57.